The van der Waals surface area contributed by atoms with E-state index < -0.39 is 0 Å². The zero-order valence-electron chi connectivity index (χ0n) is 9.95. The summed E-state index contributed by atoms with van der Waals surface area (Å²) in [5.41, 5.74) is -0.115. The molecule has 0 N–H and O–H groups in total. The summed E-state index contributed by atoms with van der Waals surface area (Å²) in [6.45, 7) is 0. The first-order chi connectivity index (χ1) is 7.22. The Morgan fingerprint density at radius 2 is 1.50 bits per heavy atom. The number of hydrogen-bond acceptors (Lipinski definition) is 2. The van der Waals surface area contributed by atoms with Crippen molar-refractivity contribution < 1.29 is 39.5 Å². The number of ketones is 1. The summed E-state index contributed by atoms with van der Waals surface area (Å²) >= 11 is 0. The smallest absolute Gasteiger partial charge is 0.878 e. The Morgan fingerprint density at radius 1 is 1.06 bits per heavy atom. The molecular weight excluding hydrogens is 211 g/mol. The summed E-state index contributed by atoms with van der Waals surface area (Å²) in [5.74, 6) is 2.46. The molecule has 4 fully saturated rings. The molecule has 4 saturated carbocycles. The van der Waals surface area contributed by atoms with Crippen LogP contribution in [-0.4, -0.2) is 5.78 Å². The van der Waals surface area contributed by atoms with Gasteiger partial charge in [-0.05, 0) is 62.4 Å². The molecule has 0 amide bonds. The molecule has 0 aromatic carbocycles. The van der Waals surface area contributed by atoms with E-state index in [-0.39, 0.29) is 40.8 Å². The van der Waals surface area contributed by atoms with Gasteiger partial charge in [0.15, 0.2) is 5.78 Å². The van der Waals surface area contributed by atoms with Crippen molar-refractivity contribution in [2.75, 3.05) is 0 Å². The monoisotopic (exact) mass is 228 g/mol. The molecule has 0 radical (unpaired) electrons. The van der Waals surface area contributed by atoms with E-state index in [1.54, 1.807) is 0 Å². The minimum Gasteiger partial charge on any atom is -0.878 e. The predicted molar refractivity (Wildman–Crippen MR) is 54.8 cm³/mol. The third kappa shape index (κ3) is 1.89. The van der Waals surface area contributed by atoms with Crippen LogP contribution in [0.4, 0.5) is 0 Å². The second kappa shape index (κ2) is 4.47. The normalized spacial score (nSPS) is 44.6. The van der Waals surface area contributed by atoms with Gasteiger partial charge in [0.2, 0.25) is 0 Å². The van der Waals surface area contributed by atoms with Gasteiger partial charge in [-0.25, -0.2) is 0 Å². The molecule has 4 aliphatic carbocycles. The van der Waals surface area contributed by atoms with Gasteiger partial charge in [-0.15, -0.1) is 6.26 Å². The minimum atomic E-state index is -0.115. The Kier molecular flexibility index (Phi) is 3.54. The van der Waals surface area contributed by atoms with E-state index >= 15 is 0 Å². The Hall–Kier alpha value is 0.210. The van der Waals surface area contributed by atoms with Crippen LogP contribution in [-0.2, 0) is 4.79 Å². The minimum absolute atomic E-state index is 0. The van der Waals surface area contributed by atoms with Crippen molar-refractivity contribution in [3.63, 3.8) is 0 Å². The molecule has 0 heterocycles. The van der Waals surface area contributed by atoms with Crippen molar-refractivity contribution in [1.82, 2.24) is 0 Å². The molecule has 2 nitrogen and oxygen atoms in total. The zero-order chi connectivity index (χ0) is 10.5. The Labute approximate surface area is 119 Å². The van der Waals surface area contributed by atoms with E-state index in [0.29, 0.717) is 6.26 Å². The van der Waals surface area contributed by atoms with E-state index in [9.17, 15) is 9.90 Å². The molecule has 0 spiro atoms. The first-order valence-electron chi connectivity index (χ1n) is 6.05. The molecule has 16 heavy (non-hydrogen) atoms. The zero-order valence-corrected chi connectivity index (χ0v) is 11.9. The fraction of sp³-hybridized carbons (Fsp3) is 0.769. The van der Waals surface area contributed by atoms with Gasteiger partial charge < -0.3 is 5.11 Å². The first-order valence-corrected chi connectivity index (χ1v) is 6.05. The van der Waals surface area contributed by atoms with Gasteiger partial charge in [0.05, 0.1) is 0 Å². The van der Waals surface area contributed by atoms with E-state index in [4.69, 9.17) is 0 Å². The predicted octanol–water partition coefficient (Wildman–Crippen LogP) is -1.35. The van der Waals surface area contributed by atoms with Crippen LogP contribution in [0.5, 0.6) is 0 Å². The van der Waals surface area contributed by atoms with Gasteiger partial charge >= 0.3 is 29.6 Å². The Balaban J connectivity index is 0.000000963. The third-order valence-corrected chi connectivity index (χ3v) is 4.78. The topological polar surface area (TPSA) is 40.1 Å². The van der Waals surface area contributed by atoms with Crippen LogP contribution in [0.25, 0.3) is 0 Å². The van der Waals surface area contributed by atoms with Gasteiger partial charge in [0.1, 0.15) is 0 Å². The summed E-state index contributed by atoms with van der Waals surface area (Å²) in [7, 11) is 0. The molecule has 4 bridgehead atoms. The SMILES string of the molecule is O=C(/C=C/[O-])C12CC3CC(CC(C3)C1)C2.[Na+]. The summed E-state index contributed by atoms with van der Waals surface area (Å²) in [6.07, 6.45) is 9.13. The molecular formula is C13H17NaO2. The van der Waals surface area contributed by atoms with Crippen molar-refractivity contribution in [3.8, 4) is 0 Å². The summed E-state index contributed by atoms with van der Waals surface area (Å²) in [6, 6.07) is 0. The van der Waals surface area contributed by atoms with Crippen molar-refractivity contribution in [2.24, 2.45) is 23.2 Å². The number of carbonyl (C=O) groups excluding carboxylic acids is 1. The number of allylic oxidation sites excluding steroid dienone is 1. The average Bonchev–Trinajstić information content (AvgIpc) is 2.15. The van der Waals surface area contributed by atoms with Crippen LogP contribution < -0.4 is 34.7 Å². The Morgan fingerprint density at radius 3 is 1.88 bits per heavy atom. The molecule has 82 valence electrons. The number of rotatable bonds is 2. The second-order valence-corrected chi connectivity index (χ2v) is 5.86. The van der Waals surface area contributed by atoms with Gasteiger partial charge in [0, 0.05) is 5.41 Å². The van der Waals surface area contributed by atoms with Crippen molar-refractivity contribution in [3.05, 3.63) is 12.3 Å². The molecule has 0 unspecified atom stereocenters. The van der Waals surface area contributed by atoms with E-state index in [2.05, 4.69) is 0 Å². The van der Waals surface area contributed by atoms with Crippen LogP contribution in [0.15, 0.2) is 12.3 Å². The molecule has 4 rings (SSSR count). The van der Waals surface area contributed by atoms with E-state index in [0.717, 1.165) is 37.0 Å². The van der Waals surface area contributed by atoms with Crippen molar-refractivity contribution in [2.45, 2.75) is 38.5 Å². The molecule has 0 aliphatic heterocycles. The molecule has 4 aliphatic rings. The summed E-state index contributed by atoms with van der Waals surface area (Å²) < 4.78 is 0. The maximum Gasteiger partial charge on any atom is 1.00 e. The molecule has 3 heteroatoms. The maximum atomic E-state index is 12.0. The van der Waals surface area contributed by atoms with E-state index in [1.807, 2.05) is 0 Å². The molecule has 0 atom stereocenters. The third-order valence-electron chi connectivity index (χ3n) is 4.78. The Bertz CT molecular complexity index is 287. The summed E-state index contributed by atoms with van der Waals surface area (Å²) in [5, 5.41) is 10.4. The number of carbonyl (C=O) groups is 1. The van der Waals surface area contributed by atoms with Crippen LogP contribution in [0, 0.1) is 23.2 Å². The molecule has 0 aromatic rings. The maximum absolute atomic E-state index is 12.0. The fourth-order valence-corrected chi connectivity index (χ4v) is 4.65. The average molecular weight is 228 g/mol. The van der Waals surface area contributed by atoms with E-state index in [1.165, 1.54) is 25.3 Å². The van der Waals surface area contributed by atoms with Crippen molar-refractivity contribution >= 4 is 5.78 Å². The van der Waals surface area contributed by atoms with Gasteiger partial charge in [-0.2, -0.15) is 0 Å². The van der Waals surface area contributed by atoms with Crippen LogP contribution in [0.2, 0.25) is 0 Å². The molecule has 0 aromatic heterocycles. The fourth-order valence-electron chi connectivity index (χ4n) is 4.65. The quantitative estimate of drug-likeness (QED) is 0.333. The second-order valence-electron chi connectivity index (χ2n) is 5.86. The van der Waals surface area contributed by atoms with Crippen LogP contribution in [0.3, 0.4) is 0 Å². The first kappa shape index (κ1) is 12.7. The largest absolute Gasteiger partial charge is 1.00 e. The van der Waals surface area contributed by atoms with Gasteiger partial charge in [-0.1, -0.05) is 0 Å². The van der Waals surface area contributed by atoms with Crippen LogP contribution in [0.1, 0.15) is 38.5 Å². The van der Waals surface area contributed by atoms with Crippen LogP contribution >= 0.6 is 0 Å². The van der Waals surface area contributed by atoms with Crippen molar-refractivity contribution in [1.29, 1.82) is 0 Å². The van der Waals surface area contributed by atoms with Gasteiger partial charge in [-0.3, -0.25) is 4.79 Å². The molecule has 0 saturated heterocycles. The standard InChI is InChI=1S/C13H18O2.Na/c14-2-1-12(15)13-6-9-3-10(7-13)5-11(4-9)8-13;/h1-2,9-11,14H,3-8H2;/q;+1/p-1/b2-1+;. The van der Waals surface area contributed by atoms with Gasteiger partial charge in [0.25, 0.3) is 0 Å². The number of hydrogen-bond donors (Lipinski definition) is 0. The summed E-state index contributed by atoms with van der Waals surface area (Å²) in [4.78, 5) is 12.0.